The SMILES string of the molecule is CS(=O)(=O)c1ccc(-c2nn(-c3ccc(C(F)(F)F)cc3)cc2C=O)cc1. The number of aromatic nitrogens is 2. The summed E-state index contributed by atoms with van der Waals surface area (Å²) in [5.74, 6) is 0. The number of hydrogen-bond acceptors (Lipinski definition) is 4. The highest BCUT2D eigenvalue weighted by atomic mass is 32.2. The minimum absolute atomic E-state index is 0.126. The number of nitrogens with zero attached hydrogens (tertiary/aromatic N) is 2. The fourth-order valence-corrected chi connectivity index (χ4v) is 3.12. The maximum atomic E-state index is 12.7. The molecule has 27 heavy (non-hydrogen) atoms. The second-order valence-corrected chi connectivity index (χ2v) is 7.85. The van der Waals surface area contributed by atoms with E-state index in [0.717, 1.165) is 18.4 Å². The van der Waals surface area contributed by atoms with Crippen LogP contribution in [0.4, 0.5) is 13.2 Å². The van der Waals surface area contributed by atoms with Crippen LogP contribution >= 0.6 is 0 Å². The summed E-state index contributed by atoms with van der Waals surface area (Å²) in [6, 6.07) is 10.2. The lowest BCUT2D eigenvalue weighted by Gasteiger charge is -2.07. The van der Waals surface area contributed by atoms with Crippen LogP contribution in [-0.4, -0.2) is 30.7 Å². The molecule has 3 rings (SSSR count). The van der Waals surface area contributed by atoms with Gasteiger partial charge in [0.05, 0.1) is 21.7 Å². The van der Waals surface area contributed by atoms with E-state index in [1.807, 2.05) is 0 Å². The largest absolute Gasteiger partial charge is 0.416 e. The number of aldehydes is 1. The second-order valence-electron chi connectivity index (χ2n) is 5.84. The molecule has 0 aliphatic rings. The lowest BCUT2D eigenvalue weighted by molar-refractivity contribution is -0.137. The molecule has 0 radical (unpaired) electrons. The van der Waals surface area contributed by atoms with Gasteiger partial charge in [0.15, 0.2) is 16.1 Å². The monoisotopic (exact) mass is 394 g/mol. The van der Waals surface area contributed by atoms with Gasteiger partial charge in [-0.05, 0) is 36.4 Å². The predicted octanol–water partition coefficient (Wildman–Crippen LogP) is 3.77. The molecule has 2 aromatic carbocycles. The summed E-state index contributed by atoms with van der Waals surface area (Å²) in [4.78, 5) is 11.5. The van der Waals surface area contributed by atoms with Gasteiger partial charge in [-0.15, -0.1) is 0 Å². The lowest BCUT2D eigenvalue weighted by atomic mass is 10.1. The van der Waals surface area contributed by atoms with Crippen molar-refractivity contribution in [2.75, 3.05) is 6.26 Å². The van der Waals surface area contributed by atoms with Crippen molar-refractivity contribution in [2.24, 2.45) is 0 Å². The lowest BCUT2D eigenvalue weighted by Crippen LogP contribution is -2.05. The molecule has 0 saturated heterocycles. The number of alkyl halides is 3. The number of halogens is 3. The standard InChI is InChI=1S/C18H13F3N2O3S/c1-27(25,26)16-8-2-12(3-9-16)17-13(11-24)10-23(22-17)15-6-4-14(5-7-15)18(19,20)21/h2-11H,1H3. The van der Waals surface area contributed by atoms with Gasteiger partial charge >= 0.3 is 6.18 Å². The topological polar surface area (TPSA) is 69.0 Å². The highest BCUT2D eigenvalue weighted by Crippen LogP contribution is 2.30. The van der Waals surface area contributed by atoms with Crippen LogP contribution in [0.25, 0.3) is 16.9 Å². The number of sulfone groups is 1. The van der Waals surface area contributed by atoms with Crippen molar-refractivity contribution in [3.05, 3.63) is 65.9 Å². The molecule has 1 heterocycles. The summed E-state index contributed by atoms with van der Waals surface area (Å²) >= 11 is 0. The molecule has 0 bridgehead atoms. The molecule has 9 heteroatoms. The molecular formula is C18H13F3N2O3S. The third kappa shape index (κ3) is 3.92. The Hall–Kier alpha value is -2.94. The van der Waals surface area contributed by atoms with Gasteiger partial charge in [-0.2, -0.15) is 18.3 Å². The van der Waals surface area contributed by atoms with Crippen LogP contribution in [-0.2, 0) is 16.0 Å². The van der Waals surface area contributed by atoms with Crippen LogP contribution in [0.15, 0.2) is 59.6 Å². The number of benzene rings is 2. The zero-order valence-corrected chi connectivity index (χ0v) is 14.8. The van der Waals surface area contributed by atoms with E-state index in [0.29, 0.717) is 23.2 Å². The van der Waals surface area contributed by atoms with E-state index in [9.17, 15) is 26.4 Å². The van der Waals surface area contributed by atoms with E-state index < -0.39 is 21.6 Å². The Morgan fingerprint density at radius 2 is 1.59 bits per heavy atom. The first-order valence-electron chi connectivity index (χ1n) is 7.62. The van der Waals surface area contributed by atoms with Crippen LogP contribution in [0.1, 0.15) is 15.9 Å². The Morgan fingerprint density at radius 3 is 2.07 bits per heavy atom. The number of rotatable bonds is 4. The number of hydrogen-bond donors (Lipinski definition) is 0. The van der Waals surface area contributed by atoms with Gasteiger partial charge in [0, 0.05) is 18.0 Å². The average Bonchev–Trinajstić information content (AvgIpc) is 3.05. The normalized spacial score (nSPS) is 12.1. The zero-order valence-electron chi connectivity index (χ0n) is 13.9. The number of carbonyl (C=O) groups is 1. The summed E-state index contributed by atoms with van der Waals surface area (Å²) < 4.78 is 62.4. The molecular weight excluding hydrogens is 381 g/mol. The van der Waals surface area contributed by atoms with E-state index in [-0.39, 0.29) is 10.5 Å². The predicted molar refractivity (Wildman–Crippen MR) is 92.5 cm³/mol. The molecule has 0 saturated carbocycles. The van der Waals surface area contributed by atoms with Gasteiger partial charge in [-0.3, -0.25) is 4.79 Å². The quantitative estimate of drug-likeness (QED) is 0.632. The van der Waals surface area contributed by atoms with Crippen LogP contribution < -0.4 is 0 Å². The van der Waals surface area contributed by atoms with Crippen molar-refractivity contribution in [1.29, 1.82) is 0 Å². The van der Waals surface area contributed by atoms with Crippen molar-refractivity contribution < 1.29 is 26.4 Å². The molecule has 0 spiro atoms. The molecule has 0 fully saturated rings. The second kappa shape index (κ2) is 6.66. The molecule has 3 aromatic rings. The summed E-state index contributed by atoms with van der Waals surface area (Å²) in [5.41, 5.74) is 0.595. The van der Waals surface area contributed by atoms with E-state index in [1.54, 1.807) is 0 Å². The molecule has 5 nitrogen and oxygen atoms in total. The van der Waals surface area contributed by atoms with Crippen molar-refractivity contribution in [3.63, 3.8) is 0 Å². The third-order valence-corrected chi connectivity index (χ3v) is 5.01. The molecule has 140 valence electrons. The van der Waals surface area contributed by atoms with E-state index in [2.05, 4.69) is 5.10 Å². The number of carbonyl (C=O) groups excluding carboxylic acids is 1. The summed E-state index contributed by atoms with van der Waals surface area (Å²) in [6.07, 6.45) is -1.38. The first-order valence-corrected chi connectivity index (χ1v) is 9.52. The third-order valence-electron chi connectivity index (χ3n) is 3.88. The van der Waals surface area contributed by atoms with Gasteiger partial charge in [0.2, 0.25) is 0 Å². The van der Waals surface area contributed by atoms with E-state index >= 15 is 0 Å². The highest BCUT2D eigenvalue weighted by molar-refractivity contribution is 7.90. The highest BCUT2D eigenvalue weighted by Gasteiger charge is 2.30. The van der Waals surface area contributed by atoms with Crippen LogP contribution in [0.5, 0.6) is 0 Å². The van der Waals surface area contributed by atoms with Crippen molar-refractivity contribution in [2.45, 2.75) is 11.1 Å². The van der Waals surface area contributed by atoms with E-state index in [4.69, 9.17) is 0 Å². The molecule has 0 atom stereocenters. The molecule has 0 unspecified atom stereocenters. The summed E-state index contributed by atoms with van der Waals surface area (Å²) in [6.45, 7) is 0. The Labute approximate surface area is 153 Å². The van der Waals surface area contributed by atoms with Gasteiger partial charge in [0.25, 0.3) is 0 Å². The fourth-order valence-electron chi connectivity index (χ4n) is 2.49. The van der Waals surface area contributed by atoms with Crippen LogP contribution in [0, 0.1) is 0 Å². The molecule has 0 amide bonds. The average molecular weight is 394 g/mol. The zero-order chi connectivity index (χ0) is 19.8. The van der Waals surface area contributed by atoms with E-state index in [1.165, 1.54) is 47.3 Å². The van der Waals surface area contributed by atoms with Gasteiger partial charge in [-0.25, -0.2) is 13.1 Å². The summed E-state index contributed by atoms with van der Waals surface area (Å²) in [7, 11) is -3.36. The van der Waals surface area contributed by atoms with Crippen LogP contribution in [0.3, 0.4) is 0 Å². The molecule has 1 aromatic heterocycles. The first kappa shape index (κ1) is 18.8. The van der Waals surface area contributed by atoms with Gasteiger partial charge in [-0.1, -0.05) is 12.1 Å². The van der Waals surface area contributed by atoms with Crippen molar-refractivity contribution in [1.82, 2.24) is 9.78 Å². The van der Waals surface area contributed by atoms with Crippen molar-refractivity contribution in [3.8, 4) is 16.9 Å². The maximum absolute atomic E-state index is 12.7. The van der Waals surface area contributed by atoms with Crippen molar-refractivity contribution >= 4 is 16.1 Å². The van der Waals surface area contributed by atoms with Gasteiger partial charge < -0.3 is 0 Å². The Morgan fingerprint density at radius 1 is 1.00 bits per heavy atom. The Kier molecular flexibility index (Phi) is 4.64. The Balaban J connectivity index is 2.00. The fraction of sp³-hybridized carbons (Fsp3) is 0.111. The minimum Gasteiger partial charge on any atom is -0.298 e. The minimum atomic E-state index is -4.44. The summed E-state index contributed by atoms with van der Waals surface area (Å²) in [5, 5.41) is 4.26. The van der Waals surface area contributed by atoms with Crippen LogP contribution in [0.2, 0.25) is 0 Å². The van der Waals surface area contributed by atoms with Gasteiger partial charge in [0.1, 0.15) is 5.69 Å². The smallest absolute Gasteiger partial charge is 0.298 e. The Bertz CT molecular complexity index is 1080. The maximum Gasteiger partial charge on any atom is 0.416 e. The molecule has 0 N–H and O–H groups in total. The molecule has 0 aliphatic heterocycles. The first-order chi connectivity index (χ1) is 12.6. The molecule has 0 aliphatic carbocycles.